The molecule has 2 N–H and O–H groups in total. The summed E-state index contributed by atoms with van der Waals surface area (Å²) in [7, 11) is 2.17. The minimum atomic E-state index is 0.218. The number of nitrogens with zero attached hydrogens (tertiary/aromatic N) is 2. The summed E-state index contributed by atoms with van der Waals surface area (Å²) < 4.78 is 0. The zero-order chi connectivity index (χ0) is 12.6. The lowest BCUT2D eigenvalue weighted by Crippen LogP contribution is -2.45. The van der Waals surface area contributed by atoms with Gasteiger partial charge in [0.25, 0.3) is 0 Å². The molecule has 1 unspecified atom stereocenters. The third kappa shape index (κ3) is 2.02. The molecule has 1 atom stereocenters. The van der Waals surface area contributed by atoms with Gasteiger partial charge in [-0.25, -0.2) is 0 Å². The average molecular weight is 231 g/mol. The summed E-state index contributed by atoms with van der Waals surface area (Å²) in [5.41, 5.74) is 4.01. The van der Waals surface area contributed by atoms with E-state index in [1.807, 2.05) is 0 Å². The van der Waals surface area contributed by atoms with Crippen molar-refractivity contribution in [2.75, 3.05) is 11.9 Å². The van der Waals surface area contributed by atoms with Crippen LogP contribution in [0.15, 0.2) is 23.3 Å². The first-order chi connectivity index (χ1) is 7.95. The first kappa shape index (κ1) is 12.0. The number of benzene rings is 1. The van der Waals surface area contributed by atoms with E-state index in [0.717, 1.165) is 5.56 Å². The van der Waals surface area contributed by atoms with Gasteiger partial charge in [-0.1, -0.05) is 13.0 Å². The molecule has 1 aliphatic heterocycles. The molecule has 0 aromatic heterocycles. The summed E-state index contributed by atoms with van der Waals surface area (Å²) in [6.07, 6.45) is 2.87. The number of nitrogens with two attached hydrogens (primary N) is 1. The Kier molecular flexibility index (Phi) is 2.86. The molecule has 2 rings (SSSR count). The molecule has 0 radical (unpaired) electrons. The van der Waals surface area contributed by atoms with Crippen LogP contribution in [-0.4, -0.2) is 18.8 Å². The van der Waals surface area contributed by atoms with Gasteiger partial charge in [-0.2, -0.15) is 5.10 Å². The molecule has 0 saturated carbocycles. The second kappa shape index (κ2) is 4.06. The van der Waals surface area contributed by atoms with E-state index < -0.39 is 0 Å². The summed E-state index contributed by atoms with van der Waals surface area (Å²) >= 11 is 0. The third-order valence-corrected chi connectivity index (χ3v) is 3.88. The van der Waals surface area contributed by atoms with Crippen LogP contribution in [0, 0.1) is 0 Å². The molecular weight excluding hydrogens is 210 g/mol. The zero-order valence-electron chi connectivity index (χ0n) is 11.1. The SMILES string of the molecule is CC1CC(C)(C)N(C)c2ccc(C=NN)cc21. The molecule has 3 nitrogen and oxygen atoms in total. The van der Waals surface area contributed by atoms with Gasteiger partial charge in [0.05, 0.1) is 6.21 Å². The van der Waals surface area contributed by atoms with Crippen molar-refractivity contribution in [3.8, 4) is 0 Å². The highest BCUT2D eigenvalue weighted by Gasteiger charge is 2.33. The molecule has 0 aliphatic carbocycles. The Morgan fingerprint density at radius 3 is 2.82 bits per heavy atom. The van der Waals surface area contributed by atoms with Crippen LogP contribution in [0.4, 0.5) is 5.69 Å². The normalized spacial score (nSPS) is 22.8. The fourth-order valence-electron chi connectivity index (χ4n) is 2.76. The molecule has 0 fully saturated rings. The quantitative estimate of drug-likeness (QED) is 0.458. The maximum Gasteiger partial charge on any atom is 0.0538 e. The van der Waals surface area contributed by atoms with E-state index in [1.54, 1.807) is 6.21 Å². The molecule has 1 aromatic rings. The predicted octanol–water partition coefficient (Wildman–Crippen LogP) is 2.70. The minimum absolute atomic E-state index is 0.218. The second-order valence-electron chi connectivity index (χ2n) is 5.57. The van der Waals surface area contributed by atoms with Crippen molar-refractivity contribution in [1.82, 2.24) is 0 Å². The summed E-state index contributed by atoms with van der Waals surface area (Å²) in [6.45, 7) is 6.88. The summed E-state index contributed by atoms with van der Waals surface area (Å²) in [5.74, 6) is 5.77. The lowest BCUT2D eigenvalue weighted by atomic mass is 9.80. The monoisotopic (exact) mass is 231 g/mol. The molecule has 0 saturated heterocycles. The highest BCUT2D eigenvalue weighted by molar-refractivity contribution is 5.81. The molecule has 0 bridgehead atoms. The Labute approximate surface area is 103 Å². The molecule has 17 heavy (non-hydrogen) atoms. The highest BCUT2D eigenvalue weighted by Crippen LogP contribution is 2.42. The summed E-state index contributed by atoms with van der Waals surface area (Å²) in [4.78, 5) is 2.37. The fourth-order valence-corrected chi connectivity index (χ4v) is 2.76. The van der Waals surface area contributed by atoms with Crippen LogP contribution in [0.25, 0.3) is 0 Å². The van der Waals surface area contributed by atoms with E-state index in [9.17, 15) is 0 Å². The molecule has 0 amide bonds. The van der Waals surface area contributed by atoms with Crippen molar-refractivity contribution in [2.24, 2.45) is 10.9 Å². The Morgan fingerprint density at radius 1 is 1.47 bits per heavy atom. The highest BCUT2D eigenvalue weighted by atomic mass is 15.2. The maximum atomic E-state index is 5.20. The topological polar surface area (TPSA) is 41.6 Å². The minimum Gasteiger partial charge on any atom is -0.369 e. The van der Waals surface area contributed by atoms with Gasteiger partial charge in [-0.3, -0.25) is 0 Å². The summed E-state index contributed by atoms with van der Waals surface area (Å²) in [5, 5.41) is 3.59. The Balaban J connectivity index is 2.49. The Morgan fingerprint density at radius 2 is 2.18 bits per heavy atom. The van der Waals surface area contributed by atoms with Crippen LogP contribution in [0.2, 0.25) is 0 Å². The van der Waals surface area contributed by atoms with E-state index in [1.165, 1.54) is 17.7 Å². The third-order valence-electron chi connectivity index (χ3n) is 3.88. The second-order valence-corrected chi connectivity index (χ2v) is 5.57. The first-order valence-corrected chi connectivity index (χ1v) is 6.07. The molecule has 0 spiro atoms. The predicted molar refractivity (Wildman–Crippen MR) is 73.7 cm³/mol. The number of hydrazone groups is 1. The van der Waals surface area contributed by atoms with Gasteiger partial charge in [-0.05, 0) is 49.4 Å². The molecular formula is C14H21N3. The summed E-state index contributed by atoms with van der Waals surface area (Å²) in [6, 6.07) is 6.44. The van der Waals surface area contributed by atoms with Crippen molar-refractivity contribution in [3.63, 3.8) is 0 Å². The molecule has 92 valence electrons. The Hall–Kier alpha value is -1.51. The van der Waals surface area contributed by atoms with Crippen LogP contribution < -0.4 is 10.7 Å². The van der Waals surface area contributed by atoms with E-state index >= 15 is 0 Å². The molecule has 1 aromatic carbocycles. The van der Waals surface area contributed by atoms with Crippen LogP contribution >= 0.6 is 0 Å². The van der Waals surface area contributed by atoms with Gasteiger partial charge >= 0.3 is 0 Å². The van der Waals surface area contributed by atoms with E-state index in [0.29, 0.717) is 5.92 Å². The van der Waals surface area contributed by atoms with Gasteiger partial charge in [0.2, 0.25) is 0 Å². The smallest absolute Gasteiger partial charge is 0.0538 e. The van der Waals surface area contributed by atoms with Gasteiger partial charge in [0.15, 0.2) is 0 Å². The van der Waals surface area contributed by atoms with Crippen LogP contribution in [0.3, 0.4) is 0 Å². The van der Waals surface area contributed by atoms with E-state index in [2.05, 4.69) is 56.0 Å². The van der Waals surface area contributed by atoms with Gasteiger partial charge in [0, 0.05) is 18.3 Å². The van der Waals surface area contributed by atoms with Crippen LogP contribution in [0.1, 0.15) is 44.2 Å². The van der Waals surface area contributed by atoms with Crippen molar-refractivity contribution >= 4 is 11.9 Å². The first-order valence-electron chi connectivity index (χ1n) is 6.07. The molecule has 1 heterocycles. The molecule has 3 heteroatoms. The standard InChI is InChI=1S/C14H21N3/c1-10-8-14(2,3)17(4)13-6-5-11(9-16-15)7-12(10)13/h5-7,9-10H,8,15H2,1-4H3. The lowest BCUT2D eigenvalue weighted by molar-refractivity contribution is 0.395. The van der Waals surface area contributed by atoms with E-state index in [4.69, 9.17) is 5.84 Å². The van der Waals surface area contributed by atoms with Crippen molar-refractivity contribution in [1.29, 1.82) is 0 Å². The largest absolute Gasteiger partial charge is 0.369 e. The van der Waals surface area contributed by atoms with Crippen LogP contribution in [0.5, 0.6) is 0 Å². The van der Waals surface area contributed by atoms with Gasteiger partial charge in [0.1, 0.15) is 0 Å². The Bertz CT molecular complexity index is 449. The van der Waals surface area contributed by atoms with Gasteiger partial charge < -0.3 is 10.7 Å². The average Bonchev–Trinajstić information content (AvgIpc) is 2.26. The van der Waals surface area contributed by atoms with Crippen molar-refractivity contribution in [2.45, 2.75) is 38.6 Å². The lowest BCUT2D eigenvalue weighted by Gasteiger charge is -2.45. The maximum absolute atomic E-state index is 5.20. The van der Waals surface area contributed by atoms with Gasteiger partial charge in [-0.15, -0.1) is 0 Å². The van der Waals surface area contributed by atoms with Crippen molar-refractivity contribution in [3.05, 3.63) is 29.3 Å². The number of rotatable bonds is 1. The number of hydrogen-bond acceptors (Lipinski definition) is 3. The fraction of sp³-hybridized carbons (Fsp3) is 0.500. The number of hydrogen-bond donors (Lipinski definition) is 1. The molecule has 1 aliphatic rings. The van der Waals surface area contributed by atoms with Crippen LogP contribution in [-0.2, 0) is 0 Å². The number of fused-ring (bicyclic) bond motifs is 1. The van der Waals surface area contributed by atoms with Crippen molar-refractivity contribution < 1.29 is 0 Å². The van der Waals surface area contributed by atoms with E-state index in [-0.39, 0.29) is 5.54 Å². The number of anilines is 1. The zero-order valence-corrected chi connectivity index (χ0v) is 11.1.